The van der Waals surface area contributed by atoms with Crippen LogP contribution in [0.25, 0.3) is 0 Å². The first-order valence-corrected chi connectivity index (χ1v) is 15.8. The Hall–Kier alpha value is -4.41. The highest BCUT2D eigenvalue weighted by Crippen LogP contribution is 2.21. The van der Waals surface area contributed by atoms with Crippen molar-refractivity contribution in [2.75, 3.05) is 6.54 Å². The van der Waals surface area contributed by atoms with Gasteiger partial charge in [0.05, 0.1) is 6.42 Å². The maximum atomic E-state index is 13.7. The molecule has 0 aromatic heterocycles. The average Bonchev–Trinajstić information content (AvgIpc) is 3.02. The van der Waals surface area contributed by atoms with Crippen molar-refractivity contribution in [3.63, 3.8) is 0 Å². The molecule has 0 aliphatic carbocycles. The van der Waals surface area contributed by atoms with Crippen LogP contribution >= 0.6 is 0 Å². The van der Waals surface area contributed by atoms with Gasteiger partial charge in [0.25, 0.3) is 0 Å². The van der Waals surface area contributed by atoms with Crippen LogP contribution in [0.5, 0.6) is 0 Å². The van der Waals surface area contributed by atoms with E-state index in [0.29, 0.717) is 25.8 Å². The molecule has 1 fully saturated rings. The molecule has 3 atom stereocenters. The van der Waals surface area contributed by atoms with Crippen molar-refractivity contribution >= 4 is 29.8 Å². The van der Waals surface area contributed by atoms with Gasteiger partial charge >= 0.3 is 18.0 Å². The van der Waals surface area contributed by atoms with Crippen molar-refractivity contribution < 1.29 is 38.2 Å². The van der Waals surface area contributed by atoms with Crippen LogP contribution in [-0.2, 0) is 46.6 Å². The molecule has 46 heavy (non-hydrogen) atoms. The number of hydrogen-bond acceptors (Lipinski definition) is 8. The second-order valence-corrected chi connectivity index (χ2v) is 12.9. The van der Waals surface area contributed by atoms with Crippen LogP contribution in [-0.4, -0.2) is 65.0 Å². The highest BCUT2D eigenvalue weighted by atomic mass is 16.6. The lowest BCUT2D eigenvalue weighted by Gasteiger charge is -2.36. The topological polar surface area (TPSA) is 140 Å². The first-order chi connectivity index (χ1) is 21.8. The molecule has 0 radical (unpaired) electrons. The normalized spacial score (nSPS) is 16.1. The number of carbonyl (C=O) groups excluding carboxylic acids is 5. The maximum Gasteiger partial charge on any atom is 0.410 e. The quantitative estimate of drug-likeness (QED) is 0.239. The molecule has 1 aliphatic heterocycles. The summed E-state index contributed by atoms with van der Waals surface area (Å²) in [4.78, 5) is 67.7. The van der Waals surface area contributed by atoms with Crippen molar-refractivity contribution in [2.24, 2.45) is 5.92 Å². The van der Waals surface area contributed by atoms with E-state index in [1.807, 2.05) is 62.4 Å². The minimum absolute atomic E-state index is 0.0151. The summed E-state index contributed by atoms with van der Waals surface area (Å²) < 4.78 is 16.4. The molecule has 0 saturated carbocycles. The van der Waals surface area contributed by atoms with Crippen molar-refractivity contribution in [1.82, 2.24) is 15.5 Å². The molecule has 250 valence electrons. The van der Waals surface area contributed by atoms with Gasteiger partial charge in [-0.2, -0.15) is 0 Å². The SMILES string of the molecule is CC(C)C[C@H](NC(=O)[C@H](CC(=O)OCc1ccccc1)NC(=O)[C@@H]1CCCCN1C(=O)OC(C)(C)C)C(=O)OCc1ccccc1. The van der Waals surface area contributed by atoms with Crippen LogP contribution in [0.2, 0.25) is 0 Å². The van der Waals surface area contributed by atoms with E-state index in [2.05, 4.69) is 10.6 Å². The zero-order chi connectivity index (χ0) is 33.7. The number of carbonyl (C=O) groups is 5. The van der Waals surface area contributed by atoms with Crippen molar-refractivity contribution in [2.45, 2.75) is 104 Å². The number of benzene rings is 2. The predicted molar refractivity (Wildman–Crippen MR) is 171 cm³/mol. The Morgan fingerprint density at radius 2 is 1.41 bits per heavy atom. The Kier molecular flexibility index (Phi) is 13.6. The number of nitrogens with zero attached hydrogens (tertiary/aromatic N) is 1. The van der Waals surface area contributed by atoms with Gasteiger partial charge in [0, 0.05) is 6.54 Å². The van der Waals surface area contributed by atoms with E-state index in [-0.39, 0.29) is 25.6 Å². The minimum Gasteiger partial charge on any atom is -0.461 e. The van der Waals surface area contributed by atoms with E-state index < -0.39 is 60.0 Å². The molecule has 11 nitrogen and oxygen atoms in total. The Bertz CT molecular complexity index is 1310. The summed E-state index contributed by atoms with van der Waals surface area (Å²) >= 11 is 0. The Morgan fingerprint density at radius 1 is 0.826 bits per heavy atom. The third-order valence-corrected chi connectivity index (χ3v) is 7.21. The van der Waals surface area contributed by atoms with Crippen LogP contribution in [0.1, 0.15) is 77.8 Å². The lowest BCUT2D eigenvalue weighted by molar-refractivity contribution is -0.150. The average molecular weight is 638 g/mol. The third-order valence-electron chi connectivity index (χ3n) is 7.21. The van der Waals surface area contributed by atoms with Crippen molar-refractivity contribution in [3.05, 3.63) is 71.8 Å². The summed E-state index contributed by atoms with van der Waals surface area (Å²) in [6.07, 6.45) is 0.899. The lowest BCUT2D eigenvalue weighted by Crippen LogP contribution is -2.58. The van der Waals surface area contributed by atoms with Gasteiger partial charge in [0.1, 0.15) is 36.9 Å². The molecular weight excluding hydrogens is 590 g/mol. The lowest BCUT2D eigenvalue weighted by atomic mass is 10.0. The predicted octanol–water partition coefficient (Wildman–Crippen LogP) is 4.67. The molecular formula is C35H47N3O8. The second-order valence-electron chi connectivity index (χ2n) is 12.9. The van der Waals surface area contributed by atoms with E-state index in [9.17, 15) is 24.0 Å². The summed E-state index contributed by atoms with van der Waals surface area (Å²) in [5, 5.41) is 5.36. The van der Waals surface area contributed by atoms with E-state index in [0.717, 1.165) is 11.1 Å². The maximum absolute atomic E-state index is 13.7. The van der Waals surface area contributed by atoms with Gasteiger partial charge in [-0.15, -0.1) is 0 Å². The number of nitrogens with one attached hydrogen (secondary N) is 2. The number of esters is 2. The van der Waals surface area contributed by atoms with E-state index in [1.165, 1.54) is 4.90 Å². The number of rotatable bonds is 13. The molecule has 0 bridgehead atoms. The second kappa shape index (κ2) is 17.3. The fourth-order valence-electron chi connectivity index (χ4n) is 4.97. The van der Waals surface area contributed by atoms with E-state index >= 15 is 0 Å². The summed E-state index contributed by atoms with van der Waals surface area (Å²) in [6, 6.07) is 14.9. The number of amides is 3. The van der Waals surface area contributed by atoms with Gasteiger partial charge in [-0.1, -0.05) is 74.5 Å². The van der Waals surface area contributed by atoms with Gasteiger partial charge in [-0.3, -0.25) is 19.3 Å². The Morgan fingerprint density at radius 3 is 1.98 bits per heavy atom. The number of likely N-dealkylation sites (tertiary alicyclic amines) is 1. The van der Waals surface area contributed by atoms with Gasteiger partial charge in [0.2, 0.25) is 11.8 Å². The molecule has 2 aromatic carbocycles. The van der Waals surface area contributed by atoms with Crippen LogP contribution in [0.4, 0.5) is 4.79 Å². The zero-order valence-corrected chi connectivity index (χ0v) is 27.5. The molecule has 1 saturated heterocycles. The fraction of sp³-hybridized carbons (Fsp3) is 0.514. The monoisotopic (exact) mass is 637 g/mol. The molecule has 11 heteroatoms. The van der Waals surface area contributed by atoms with Crippen molar-refractivity contribution in [1.29, 1.82) is 0 Å². The number of hydrogen-bond donors (Lipinski definition) is 2. The van der Waals surface area contributed by atoms with Crippen LogP contribution in [0.3, 0.4) is 0 Å². The molecule has 2 aromatic rings. The molecule has 3 amide bonds. The fourth-order valence-corrected chi connectivity index (χ4v) is 4.97. The standard InChI is InChI=1S/C35H47N3O8/c1-24(2)20-28(33(42)45-23-26-16-10-7-11-17-26)37-31(40)27(21-30(39)44-22-25-14-8-6-9-15-25)36-32(41)29-18-12-13-19-38(29)34(43)46-35(3,4)5/h6-11,14-17,24,27-29H,12-13,18-23H2,1-5H3,(H,36,41)(H,37,40)/t27-,28-,29-/m0/s1. The number of ether oxygens (including phenoxy) is 3. The van der Waals surface area contributed by atoms with E-state index in [4.69, 9.17) is 14.2 Å². The third kappa shape index (κ3) is 12.2. The Labute approximate surface area is 271 Å². The van der Waals surface area contributed by atoms with Gasteiger partial charge in [-0.25, -0.2) is 9.59 Å². The highest BCUT2D eigenvalue weighted by Gasteiger charge is 2.37. The van der Waals surface area contributed by atoms with Crippen molar-refractivity contribution in [3.8, 4) is 0 Å². The molecule has 2 N–H and O–H groups in total. The minimum atomic E-state index is -1.38. The molecule has 3 rings (SSSR count). The molecule has 1 aliphatic rings. The first-order valence-electron chi connectivity index (χ1n) is 15.8. The summed E-state index contributed by atoms with van der Waals surface area (Å²) in [5.41, 5.74) is 0.786. The summed E-state index contributed by atoms with van der Waals surface area (Å²) in [6.45, 7) is 9.34. The van der Waals surface area contributed by atoms with E-state index in [1.54, 1.807) is 32.9 Å². The van der Waals surface area contributed by atoms with Gasteiger partial charge in [0.15, 0.2) is 0 Å². The molecule has 1 heterocycles. The first kappa shape index (κ1) is 36.1. The summed E-state index contributed by atoms with van der Waals surface area (Å²) in [5.74, 6) is -2.68. The van der Waals surface area contributed by atoms with Crippen LogP contribution < -0.4 is 10.6 Å². The van der Waals surface area contributed by atoms with Crippen LogP contribution in [0, 0.1) is 5.92 Å². The molecule has 0 unspecified atom stereocenters. The largest absolute Gasteiger partial charge is 0.461 e. The molecule has 0 spiro atoms. The Balaban J connectivity index is 1.77. The van der Waals surface area contributed by atoms with Gasteiger partial charge in [-0.05, 0) is 63.5 Å². The number of piperidine rings is 1. The highest BCUT2D eigenvalue weighted by molar-refractivity contribution is 5.95. The van der Waals surface area contributed by atoms with Crippen LogP contribution in [0.15, 0.2) is 60.7 Å². The summed E-state index contributed by atoms with van der Waals surface area (Å²) in [7, 11) is 0. The smallest absolute Gasteiger partial charge is 0.410 e. The van der Waals surface area contributed by atoms with Gasteiger partial charge < -0.3 is 24.8 Å². The zero-order valence-electron chi connectivity index (χ0n) is 27.5.